The Labute approximate surface area is 122 Å². The number of halogens is 1. The van der Waals surface area contributed by atoms with E-state index in [0.29, 0.717) is 11.3 Å². The van der Waals surface area contributed by atoms with Gasteiger partial charge in [-0.15, -0.1) is 0 Å². The minimum atomic E-state index is -3.84. The van der Waals surface area contributed by atoms with Crippen LogP contribution in [-0.4, -0.2) is 31.6 Å². The molecule has 8 heteroatoms. The van der Waals surface area contributed by atoms with Crippen LogP contribution in [0.2, 0.25) is 5.02 Å². The topological polar surface area (TPSA) is 95.5 Å². The molecule has 1 aliphatic heterocycles. The molecule has 1 aliphatic rings. The molecule has 0 aliphatic carbocycles. The number of sulfonamides is 1. The van der Waals surface area contributed by atoms with Crippen molar-refractivity contribution in [3.63, 3.8) is 0 Å². The molecule has 0 unspecified atom stereocenters. The highest BCUT2D eigenvalue weighted by Gasteiger charge is 2.26. The Hall–Kier alpha value is -1.15. The van der Waals surface area contributed by atoms with Crippen LogP contribution in [0.4, 0.5) is 5.69 Å². The second kappa shape index (κ2) is 5.00. The Morgan fingerprint density at radius 2 is 2.10 bits per heavy atom. The molecule has 110 valence electrons. The lowest BCUT2D eigenvalue weighted by Crippen LogP contribution is -2.38. The molecular formula is C12H15ClN2O4S. The van der Waals surface area contributed by atoms with Crippen LogP contribution in [0.15, 0.2) is 17.0 Å². The van der Waals surface area contributed by atoms with Gasteiger partial charge in [0.1, 0.15) is 4.90 Å². The number of amides is 1. The van der Waals surface area contributed by atoms with E-state index in [-0.39, 0.29) is 28.8 Å². The van der Waals surface area contributed by atoms with Gasteiger partial charge in [-0.05, 0) is 31.5 Å². The fraction of sp³-hybridized carbons (Fsp3) is 0.417. The molecule has 1 aromatic carbocycles. The van der Waals surface area contributed by atoms with Gasteiger partial charge in [-0.25, -0.2) is 13.1 Å². The van der Waals surface area contributed by atoms with Gasteiger partial charge in [0, 0.05) is 12.2 Å². The zero-order valence-electron chi connectivity index (χ0n) is 11.0. The van der Waals surface area contributed by atoms with Gasteiger partial charge >= 0.3 is 0 Å². The summed E-state index contributed by atoms with van der Waals surface area (Å²) in [4.78, 5) is 11.2. The number of aliphatic hydroxyl groups is 1. The number of benzene rings is 1. The van der Waals surface area contributed by atoms with Crippen LogP contribution >= 0.6 is 11.6 Å². The van der Waals surface area contributed by atoms with E-state index < -0.39 is 15.6 Å². The van der Waals surface area contributed by atoms with E-state index >= 15 is 0 Å². The summed E-state index contributed by atoms with van der Waals surface area (Å²) in [5, 5.41) is 12.2. The molecule has 1 amide bonds. The number of fused-ring (bicyclic) bond motifs is 1. The number of hydrogen-bond donors (Lipinski definition) is 3. The zero-order chi connectivity index (χ0) is 15.1. The predicted octanol–water partition coefficient (Wildman–Crippen LogP) is 0.884. The summed E-state index contributed by atoms with van der Waals surface area (Å²) in [5.74, 6) is -0.199. The molecule has 0 aromatic heterocycles. The van der Waals surface area contributed by atoms with Crippen molar-refractivity contribution in [3.05, 3.63) is 22.7 Å². The number of anilines is 1. The van der Waals surface area contributed by atoms with E-state index in [0.717, 1.165) is 0 Å². The molecule has 20 heavy (non-hydrogen) atoms. The third kappa shape index (κ3) is 3.29. The number of carbonyl (C=O) groups excluding carboxylic acids is 1. The Kier molecular flexibility index (Phi) is 3.81. The molecule has 6 nitrogen and oxygen atoms in total. The first-order valence-corrected chi connectivity index (χ1v) is 7.79. The van der Waals surface area contributed by atoms with E-state index in [1.54, 1.807) is 0 Å². The molecule has 1 aromatic rings. The Morgan fingerprint density at radius 1 is 1.45 bits per heavy atom. The standard InChI is InChI=1S/C12H15ClN2O4S/c1-12(2,17)6-14-20(18,19)10-3-7-4-11(16)15-9(7)5-8(10)13/h3,5,14,17H,4,6H2,1-2H3,(H,15,16). The molecular weight excluding hydrogens is 304 g/mol. The summed E-state index contributed by atoms with van der Waals surface area (Å²) in [6.45, 7) is 2.84. The minimum absolute atomic E-state index is 0.0224. The average molecular weight is 319 g/mol. The normalized spacial score (nSPS) is 15.1. The highest BCUT2D eigenvalue weighted by Crippen LogP contribution is 2.32. The first-order valence-electron chi connectivity index (χ1n) is 5.93. The van der Waals surface area contributed by atoms with Gasteiger partial charge in [-0.3, -0.25) is 4.79 Å². The van der Waals surface area contributed by atoms with Crippen LogP contribution < -0.4 is 10.0 Å². The van der Waals surface area contributed by atoms with E-state index in [4.69, 9.17) is 11.6 Å². The quantitative estimate of drug-likeness (QED) is 0.768. The smallest absolute Gasteiger partial charge is 0.242 e. The molecule has 0 atom stereocenters. The second-order valence-electron chi connectivity index (χ2n) is 5.30. The summed E-state index contributed by atoms with van der Waals surface area (Å²) in [6.07, 6.45) is 0.126. The molecule has 0 bridgehead atoms. The Bertz CT molecular complexity index is 665. The SMILES string of the molecule is CC(C)(O)CNS(=O)(=O)c1cc2c(cc1Cl)NC(=O)C2. The Balaban J connectivity index is 2.34. The Morgan fingerprint density at radius 3 is 2.70 bits per heavy atom. The van der Waals surface area contributed by atoms with Crippen LogP contribution in [0.5, 0.6) is 0 Å². The van der Waals surface area contributed by atoms with Crippen molar-refractivity contribution in [2.75, 3.05) is 11.9 Å². The third-order valence-corrected chi connectivity index (χ3v) is 4.63. The highest BCUT2D eigenvalue weighted by atomic mass is 35.5. The van der Waals surface area contributed by atoms with Crippen molar-refractivity contribution in [1.82, 2.24) is 4.72 Å². The van der Waals surface area contributed by atoms with Gasteiger partial charge in [0.05, 0.1) is 17.0 Å². The summed E-state index contributed by atoms with van der Waals surface area (Å²) in [7, 11) is -3.84. The van der Waals surface area contributed by atoms with Crippen LogP contribution in [-0.2, 0) is 21.2 Å². The monoisotopic (exact) mass is 318 g/mol. The summed E-state index contributed by atoms with van der Waals surface area (Å²) < 4.78 is 26.6. The van der Waals surface area contributed by atoms with Crippen molar-refractivity contribution >= 4 is 33.2 Å². The van der Waals surface area contributed by atoms with Crippen molar-refractivity contribution in [2.45, 2.75) is 30.8 Å². The van der Waals surface area contributed by atoms with Crippen LogP contribution in [0, 0.1) is 0 Å². The van der Waals surface area contributed by atoms with Gasteiger partial charge in [0.25, 0.3) is 0 Å². The summed E-state index contributed by atoms with van der Waals surface area (Å²) in [6, 6.07) is 2.79. The maximum absolute atomic E-state index is 12.2. The van der Waals surface area contributed by atoms with Gasteiger partial charge in [-0.1, -0.05) is 11.6 Å². The van der Waals surface area contributed by atoms with E-state index in [1.807, 2.05) is 0 Å². The number of carbonyl (C=O) groups is 1. The van der Waals surface area contributed by atoms with Gasteiger partial charge in [-0.2, -0.15) is 0 Å². The van der Waals surface area contributed by atoms with Crippen molar-refractivity contribution in [3.8, 4) is 0 Å². The lowest BCUT2D eigenvalue weighted by Gasteiger charge is -2.18. The largest absolute Gasteiger partial charge is 0.389 e. The van der Waals surface area contributed by atoms with Crippen LogP contribution in [0.25, 0.3) is 0 Å². The van der Waals surface area contributed by atoms with E-state index in [1.165, 1.54) is 26.0 Å². The van der Waals surface area contributed by atoms with E-state index in [9.17, 15) is 18.3 Å². The van der Waals surface area contributed by atoms with Gasteiger partial charge in [0.2, 0.25) is 15.9 Å². The molecule has 2 rings (SSSR count). The van der Waals surface area contributed by atoms with Crippen LogP contribution in [0.3, 0.4) is 0 Å². The van der Waals surface area contributed by atoms with Crippen molar-refractivity contribution in [1.29, 1.82) is 0 Å². The summed E-state index contributed by atoms with van der Waals surface area (Å²) in [5.41, 5.74) is -0.0576. The molecule has 0 fully saturated rings. The third-order valence-electron chi connectivity index (χ3n) is 2.77. The number of nitrogens with one attached hydrogen (secondary N) is 2. The van der Waals surface area contributed by atoms with Gasteiger partial charge in [0.15, 0.2) is 0 Å². The first kappa shape index (κ1) is 15.2. The predicted molar refractivity (Wildman–Crippen MR) is 75.3 cm³/mol. The fourth-order valence-electron chi connectivity index (χ4n) is 1.78. The van der Waals surface area contributed by atoms with Crippen LogP contribution in [0.1, 0.15) is 19.4 Å². The molecule has 1 heterocycles. The average Bonchev–Trinajstić information content (AvgIpc) is 2.64. The van der Waals surface area contributed by atoms with Crippen molar-refractivity contribution < 1.29 is 18.3 Å². The molecule has 3 N–H and O–H groups in total. The number of rotatable bonds is 4. The molecule has 0 spiro atoms. The lowest BCUT2D eigenvalue weighted by atomic mass is 10.1. The molecule has 0 saturated heterocycles. The summed E-state index contributed by atoms with van der Waals surface area (Å²) >= 11 is 5.96. The minimum Gasteiger partial charge on any atom is -0.389 e. The molecule has 0 radical (unpaired) electrons. The zero-order valence-corrected chi connectivity index (χ0v) is 12.6. The maximum Gasteiger partial charge on any atom is 0.242 e. The first-order chi connectivity index (χ1) is 9.08. The van der Waals surface area contributed by atoms with Crippen molar-refractivity contribution in [2.24, 2.45) is 0 Å². The lowest BCUT2D eigenvalue weighted by molar-refractivity contribution is -0.115. The van der Waals surface area contributed by atoms with Gasteiger partial charge < -0.3 is 10.4 Å². The second-order valence-corrected chi connectivity index (χ2v) is 7.44. The molecule has 0 saturated carbocycles. The fourth-order valence-corrected chi connectivity index (χ4v) is 3.56. The highest BCUT2D eigenvalue weighted by molar-refractivity contribution is 7.89. The maximum atomic E-state index is 12.2. The van der Waals surface area contributed by atoms with E-state index in [2.05, 4.69) is 10.0 Å². The number of hydrogen-bond acceptors (Lipinski definition) is 4.